The lowest BCUT2D eigenvalue weighted by atomic mass is 10.1. The second-order valence-corrected chi connectivity index (χ2v) is 15.4. The summed E-state index contributed by atoms with van der Waals surface area (Å²) in [6.45, 7) is 7.99. The summed E-state index contributed by atoms with van der Waals surface area (Å²) in [7, 11) is 13.4. The first kappa shape index (κ1) is 58.9. The van der Waals surface area contributed by atoms with Crippen molar-refractivity contribution in [3.8, 4) is 28.9 Å². The highest BCUT2D eigenvalue weighted by molar-refractivity contribution is 5.81. The SMILES string of the molecule is COCCCCc1ccncc1OC.COCCCOc1cccnc1OC.COCCCOc1ccncc1OC.COCCCc1cnc2ncccn12.COCCCn1nc(C)c2ccccc21. The minimum absolute atomic E-state index is 0.518. The molecule has 0 aliphatic rings. The number of aryl methyl sites for hydroxylation is 4. The highest BCUT2D eigenvalue weighted by Gasteiger charge is 2.07. The topological polar surface area (TPSA) is 179 Å². The van der Waals surface area contributed by atoms with Crippen molar-refractivity contribution in [1.82, 2.24) is 39.1 Å². The molecule has 1 aromatic carbocycles. The lowest BCUT2D eigenvalue weighted by Crippen LogP contribution is -2.03. The van der Waals surface area contributed by atoms with Crippen molar-refractivity contribution in [2.24, 2.45) is 0 Å². The summed E-state index contributed by atoms with van der Waals surface area (Å²) in [5.41, 5.74) is 4.72. The number of rotatable bonds is 26. The first-order chi connectivity index (χ1) is 34.9. The monoisotopic (exact) mass is 985 g/mol. The van der Waals surface area contributed by atoms with Gasteiger partial charge in [-0.3, -0.25) is 19.1 Å². The van der Waals surface area contributed by atoms with Crippen LogP contribution in [0.2, 0.25) is 0 Å². The van der Waals surface area contributed by atoms with Crippen LogP contribution in [0.1, 0.15) is 55.5 Å². The molecule has 6 aromatic heterocycles. The Kier molecular flexibility index (Phi) is 31.0. The van der Waals surface area contributed by atoms with Gasteiger partial charge in [-0.1, -0.05) is 18.2 Å². The van der Waals surface area contributed by atoms with E-state index < -0.39 is 0 Å². The fourth-order valence-electron chi connectivity index (χ4n) is 6.69. The van der Waals surface area contributed by atoms with Gasteiger partial charge in [0.15, 0.2) is 17.2 Å². The van der Waals surface area contributed by atoms with Crippen molar-refractivity contribution in [3.63, 3.8) is 0 Å². The van der Waals surface area contributed by atoms with E-state index in [2.05, 4.69) is 65.9 Å². The molecule has 0 fully saturated rings. The van der Waals surface area contributed by atoms with Crippen molar-refractivity contribution < 1.29 is 47.4 Å². The van der Waals surface area contributed by atoms with Gasteiger partial charge in [-0.25, -0.2) is 15.0 Å². The Balaban J connectivity index is 0.000000235. The summed E-state index contributed by atoms with van der Waals surface area (Å²) >= 11 is 0. The average Bonchev–Trinajstić information content (AvgIpc) is 3.98. The third-order valence-electron chi connectivity index (χ3n) is 10.2. The molecule has 18 heteroatoms. The van der Waals surface area contributed by atoms with Gasteiger partial charge in [0.1, 0.15) is 5.75 Å². The number of imidazole rings is 1. The predicted molar refractivity (Wildman–Crippen MR) is 275 cm³/mol. The molecule has 71 heavy (non-hydrogen) atoms. The maximum atomic E-state index is 5.49. The maximum Gasteiger partial charge on any atom is 0.256 e. The number of nitrogens with zero attached hydrogens (tertiary/aromatic N) is 8. The Labute approximate surface area is 419 Å². The van der Waals surface area contributed by atoms with E-state index in [4.69, 9.17) is 47.4 Å². The van der Waals surface area contributed by atoms with Gasteiger partial charge in [-0.15, -0.1) is 0 Å². The summed E-state index contributed by atoms with van der Waals surface area (Å²) in [4.78, 5) is 20.3. The molecule has 0 radical (unpaired) electrons. The van der Waals surface area contributed by atoms with Gasteiger partial charge in [-0.05, 0) is 81.3 Å². The zero-order chi connectivity index (χ0) is 51.2. The molecular formula is C53H76N8O10. The predicted octanol–water partition coefficient (Wildman–Crippen LogP) is 8.76. The Bertz CT molecular complexity index is 2290. The van der Waals surface area contributed by atoms with Gasteiger partial charge in [0, 0.05) is 136 Å². The zero-order valence-corrected chi connectivity index (χ0v) is 43.3. The van der Waals surface area contributed by atoms with Crippen LogP contribution in [0.15, 0.2) is 104 Å². The van der Waals surface area contributed by atoms with Crippen LogP contribution in [0.25, 0.3) is 16.7 Å². The number of hydrogen-bond donors (Lipinski definition) is 0. The fraction of sp³-hybridized carbons (Fsp3) is 0.472. The lowest BCUT2D eigenvalue weighted by Gasteiger charge is -2.08. The normalized spacial score (nSPS) is 10.4. The van der Waals surface area contributed by atoms with E-state index in [0.717, 1.165) is 101 Å². The Morgan fingerprint density at radius 2 is 1.11 bits per heavy atom. The molecule has 0 saturated heterocycles. The van der Waals surface area contributed by atoms with E-state index in [1.165, 1.54) is 22.2 Å². The van der Waals surface area contributed by atoms with Crippen molar-refractivity contribution in [2.45, 2.75) is 64.8 Å². The van der Waals surface area contributed by atoms with Crippen LogP contribution in [0.5, 0.6) is 28.9 Å². The summed E-state index contributed by atoms with van der Waals surface area (Å²) in [6.07, 6.45) is 22.1. The standard InChI is InChI=1S/C12H16N2O.C11H17NO2.C10H13N3O.2C10H15NO3/c1-10-11-6-3-4-7-12(11)14(13-10)8-5-9-15-2;1-13-8-4-3-5-10-6-7-12-9-11(10)14-2;1-14-7-2-4-9-8-12-10-11-5-3-6-13(9)10;1-12-6-3-7-14-9-4-5-11-8-10(9)13-2;1-12-7-4-8-14-9-5-3-6-11-10(9)13-2/h3-4,6-7H,5,8-9H2,1-2H3;6-7,9H,3-5,8H2,1-2H3;3,5-6,8H,2,4,7H2,1H3;4-5,8H,3,6-7H2,1-2H3;3,5-6H,4,7-8H2,1-2H3. The van der Waals surface area contributed by atoms with Gasteiger partial charge >= 0.3 is 0 Å². The third-order valence-corrected chi connectivity index (χ3v) is 10.2. The van der Waals surface area contributed by atoms with E-state index in [-0.39, 0.29) is 0 Å². The van der Waals surface area contributed by atoms with Crippen LogP contribution in [0.3, 0.4) is 0 Å². The first-order valence-electron chi connectivity index (χ1n) is 23.7. The Hall–Kier alpha value is -6.44. The van der Waals surface area contributed by atoms with E-state index in [1.807, 2.05) is 41.1 Å². The summed E-state index contributed by atoms with van der Waals surface area (Å²) in [5, 5.41) is 5.77. The highest BCUT2D eigenvalue weighted by atomic mass is 16.5. The molecule has 0 atom stereocenters. The van der Waals surface area contributed by atoms with E-state index >= 15 is 0 Å². The van der Waals surface area contributed by atoms with E-state index in [1.54, 1.807) is 100 Å². The Morgan fingerprint density at radius 3 is 1.82 bits per heavy atom. The number of unbranched alkanes of at least 4 members (excludes halogenated alkanes) is 1. The third kappa shape index (κ3) is 22.5. The minimum atomic E-state index is 0.518. The minimum Gasteiger partial charge on any atom is -0.495 e. The smallest absolute Gasteiger partial charge is 0.256 e. The van der Waals surface area contributed by atoms with Crippen LogP contribution in [0, 0.1) is 6.92 Å². The van der Waals surface area contributed by atoms with Gasteiger partial charge in [-0.2, -0.15) is 5.10 Å². The molecule has 0 N–H and O–H groups in total. The maximum absolute atomic E-state index is 5.49. The van der Waals surface area contributed by atoms with E-state index in [9.17, 15) is 0 Å². The van der Waals surface area contributed by atoms with Crippen LogP contribution >= 0.6 is 0 Å². The van der Waals surface area contributed by atoms with Crippen LogP contribution in [-0.4, -0.2) is 142 Å². The number of para-hydroxylation sites is 1. The van der Waals surface area contributed by atoms with Crippen LogP contribution in [0.4, 0.5) is 0 Å². The molecule has 388 valence electrons. The number of methoxy groups -OCH3 is 8. The summed E-state index contributed by atoms with van der Waals surface area (Å²) in [6, 6.07) is 17.7. The molecule has 7 aromatic rings. The van der Waals surface area contributed by atoms with Crippen molar-refractivity contribution in [3.05, 3.63) is 121 Å². The van der Waals surface area contributed by atoms with Crippen molar-refractivity contribution in [2.75, 3.05) is 103 Å². The first-order valence-corrected chi connectivity index (χ1v) is 23.7. The molecule has 7 rings (SSSR count). The van der Waals surface area contributed by atoms with Crippen LogP contribution in [-0.2, 0) is 43.1 Å². The van der Waals surface area contributed by atoms with Gasteiger partial charge < -0.3 is 47.4 Å². The quantitative estimate of drug-likeness (QED) is 0.0470. The van der Waals surface area contributed by atoms with Gasteiger partial charge in [0.2, 0.25) is 5.78 Å². The molecule has 0 aliphatic heterocycles. The molecule has 0 bridgehead atoms. The highest BCUT2D eigenvalue weighted by Crippen LogP contribution is 2.25. The number of benzene rings is 1. The molecular weight excluding hydrogens is 909 g/mol. The summed E-state index contributed by atoms with van der Waals surface area (Å²) in [5.74, 6) is 4.21. The van der Waals surface area contributed by atoms with E-state index in [0.29, 0.717) is 43.8 Å². The number of ether oxygens (including phenoxy) is 10. The van der Waals surface area contributed by atoms with Crippen molar-refractivity contribution >= 4 is 16.7 Å². The molecule has 0 amide bonds. The molecule has 0 unspecified atom stereocenters. The average molecular weight is 985 g/mol. The largest absolute Gasteiger partial charge is 0.495 e. The van der Waals surface area contributed by atoms with Gasteiger partial charge in [0.25, 0.3) is 5.88 Å². The molecule has 0 aliphatic carbocycles. The van der Waals surface area contributed by atoms with Gasteiger partial charge in [0.05, 0.1) is 64.3 Å². The molecule has 0 spiro atoms. The van der Waals surface area contributed by atoms with Crippen molar-refractivity contribution in [1.29, 1.82) is 0 Å². The Morgan fingerprint density at radius 1 is 0.479 bits per heavy atom. The summed E-state index contributed by atoms with van der Waals surface area (Å²) < 4.78 is 55.2. The second-order valence-electron chi connectivity index (χ2n) is 15.4. The molecule has 18 nitrogen and oxygen atoms in total. The van der Waals surface area contributed by atoms with Crippen LogP contribution < -0.4 is 23.7 Å². The molecule has 6 heterocycles. The second kappa shape index (κ2) is 37.4. The molecule has 0 saturated carbocycles. The lowest BCUT2D eigenvalue weighted by molar-refractivity contribution is 0.170. The zero-order valence-electron chi connectivity index (χ0n) is 43.3. The number of fused-ring (bicyclic) bond motifs is 2. The number of aromatic nitrogens is 8. The number of hydrogen-bond acceptors (Lipinski definition) is 16. The fourth-order valence-corrected chi connectivity index (χ4v) is 6.69. The number of pyridine rings is 3.